The van der Waals surface area contributed by atoms with Crippen molar-refractivity contribution in [1.82, 2.24) is 9.47 Å². The molecule has 0 aliphatic carbocycles. The summed E-state index contributed by atoms with van der Waals surface area (Å²) < 4.78 is 21.3. The summed E-state index contributed by atoms with van der Waals surface area (Å²) in [4.78, 5) is 33.4. The highest BCUT2D eigenvalue weighted by Crippen LogP contribution is 2.37. The van der Waals surface area contributed by atoms with Crippen LogP contribution in [0.15, 0.2) is 34.0 Å². The summed E-state index contributed by atoms with van der Waals surface area (Å²) in [5.41, 5.74) is 1.96. The van der Waals surface area contributed by atoms with Gasteiger partial charge in [0.25, 0.3) is 11.5 Å². The van der Waals surface area contributed by atoms with Crippen LogP contribution >= 0.6 is 24.0 Å². The number of nitriles is 1. The number of thiocarbonyl (C=S) groups is 1. The zero-order valence-electron chi connectivity index (χ0n) is 22.7. The Morgan fingerprint density at radius 2 is 1.88 bits per heavy atom. The van der Waals surface area contributed by atoms with Crippen molar-refractivity contribution in [2.75, 3.05) is 49.1 Å². The second-order valence-corrected chi connectivity index (χ2v) is 11.9. The highest BCUT2D eigenvalue weighted by atomic mass is 32.2. The Morgan fingerprint density at radius 1 is 1.18 bits per heavy atom. The molecule has 1 aromatic carbocycles. The van der Waals surface area contributed by atoms with Gasteiger partial charge in [-0.25, -0.2) is 4.39 Å². The lowest BCUT2D eigenvalue weighted by molar-refractivity contribution is -0.123. The van der Waals surface area contributed by atoms with E-state index in [9.17, 15) is 19.2 Å². The molecule has 1 atom stereocenters. The third-order valence-electron chi connectivity index (χ3n) is 7.62. The maximum atomic E-state index is 13.5. The van der Waals surface area contributed by atoms with Gasteiger partial charge in [-0.3, -0.25) is 19.1 Å². The molecule has 2 aromatic rings. The highest BCUT2D eigenvalue weighted by Gasteiger charge is 2.35. The number of hydrogen-bond donors (Lipinski definition) is 0. The van der Waals surface area contributed by atoms with E-state index in [2.05, 4.69) is 15.9 Å². The number of aromatic nitrogens is 1. The maximum absolute atomic E-state index is 13.5. The van der Waals surface area contributed by atoms with Crippen LogP contribution in [0.5, 0.6) is 0 Å². The number of piperazine rings is 1. The fourth-order valence-electron chi connectivity index (χ4n) is 5.52. The fourth-order valence-corrected chi connectivity index (χ4v) is 6.78. The quantitative estimate of drug-likeness (QED) is 0.354. The average Bonchev–Trinajstić information content (AvgIpc) is 3.56. The molecule has 3 saturated heterocycles. The van der Waals surface area contributed by atoms with Crippen LogP contribution < -0.4 is 15.4 Å². The van der Waals surface area contributed by atoms with Gasteiger partial charge in [0.15, 0.2) is 0 Å². The fraction of sp³-hybridized carbons (Fsp3) is 0.448. The molecule has 3 aliphatic heterocycles. The molecule has 0 spiro atoms. The smallest absolute Gasteiger partial charge is 0.270 e. The van der Waals surface area contributed by atoms with E-state index in [0.29, 0.717) is 78.5 Å². The van der Waals surface area contributed by atoms with Crippen molar-refractivity contribution in [2.45, 2.75) is 45.8 Å². The number of carbonyl (C=O) groups excluding carboxylic acids is 1. The molecule has 210 valence electrons. The van der Waals surface area contributed by atoms with Gasteiger partial charge in [0.2, 0.25) is 0 Å². The normalized spacial score (nSPS) is 20.6. The molecule has 1 unspecified atom stereocenters. The van der Waals surface area contributed by atoms with Crippen LogP contribution in [-0.2, 0) is 16.1 Å². The molecule has 1 aromatic heterocycles. The number of hydrogen-bond acceptors (Lipinski definition) is 8. The summed E-state index contributed by atoms with van der Waals surface area (Å²) in [5, 5.41) is 9.91. The summed E-state index contributed by atoms with van der Waals surface area (Å²) in [7, 11) is 0. The predicted octanol–water partition coefficient (Wildman–Crippen LogP) is 4.28. The number of benzene rings is 1. The van der Waals surface area contributed by atoms with Crippen LogP contribution in [0, 0.1) is 24.1 Å². The van der Waals surface area contributed by atoms with Gasteiger partial charge in [0.05, 0.1) is 17.6 Å². The van der Waals surface area contributed by atoms with E-state index in [1.54, 1.807) is 34.6 Å². The molecule has 3 fully saturated rings. The number of thioether (sulfide) groups is 1. The van der Waals surface area contributed by atoms with Gasteiger partial charge in [-0.2, -0.15) is 5.26 Å². The van der Waals surface area contributed by atoms with Gasteiger partial charge in [-0.15, -0.1) is 0 Å². The maximum Gasteiger partial charge on any atom is 0.270 e. The largest absolute Gasteiger partial charge is 0.376 e. The minimum absolute atomic E-state index is 0.0202. The van der Waals surface area contributed by atoms with Gasteiger partial charge in [0, 0.05) is 50.6 Å². The first kappa shape index (κ1) is 28.3. The van der Waals surface area contributed by atoms with E-state index in [-0.39, 0.29) is 29.0 Å². The summed E-state index contributed by atoms with van der Waals surface area (Å²) in [6, 6.07) is 8.56. The molecule has 40 heavy (non-hydrogen) atoms. The number of amides is 1. The van der Waals surface area contributed by atoms with Gasteiger partial charge in [0.1, 0.15) is 27.6 Å². The van der Waals surface area contributed by atoms with E-state index in [1.165, 1.54) is 23.9 Å². The summed E-state index contributed by atoms with van der Waals surface area (Å²) in [5.74, 6) is 0.264. The molecule has 11 heteroatoms. The molecule has 3 aliphatic rings. The molecule has 0 bridgehead atoms. The number of pyridine rings is 1. The van der Waals surface area contributed by atoms with E-state index < -0.39 is 0 Å². The molecule has 5 rings (SSSR count). The first-order chi connectivity index (χ1) is 19.3. The first-order valence-electron chi connectivity index (χ1n) is 13.6. The highest BCUT2D eigenvalue weighted by molar-refractivity contribution is 8.26. The Hall–Kier alpha value is -3.20. The number of ether oxygens (including phenoxy) is 1. The van der Waals surface area contributed by atoms with E-state index in [1.807, 2.05) is 6.92 Å². The Kier molecular flexibility index (Phi) is 8.59. The average molecular weight is 582 g/mol. The monoisotopic (exact) mass is 581 g/mol. The van der Waals surface area contributed by atoms with Crippen LogP contribution in [0.25, 0.3) is 6.08 Å². The summed E-state index contributed by atoms with van der Waals surface area (Å²) >= 11 is 6.81. The first-order valence-corrected chi connectivity index (χ1v) is 14.8. The minimum atomic E-state index is -0.319. The third kappa shape index (κ3) is 5.53. The lowest BCUT2D eigenvalue weighted by atomic mass is 10.0. The number of anilines is 2. The van der Waals surface area contributed by atoms with E-state index in [0.717, 1.165) is 18.5 Å². The molecule has 0 saturated carbocycles. The van der Waals surface area contributed by atoms with Crippen LogP contribution in [0.1, 0.15) is 42.9 Å². The molecule has 4 heterocycles. The standard InChI is InChI=1S/C29H32FN5O3S2/c1-3-10-34-26(33-13-11-32(12-14-33)21-8-6-20(30)7-9-21)23(19(2)24(17-31)27(34)36)16-25-28(37)35(29(39)40-25)18-22-5-4-15-38-22/h6-9,16,22H,3-5,10-15,18H2,1-2H3/b25-16-. The number of halogens is 1. The molecule has 0 radical (unpaired) electrons. The van der Waals surface area contributed by atoms with Gasteiger partial charge >= 0.3 is 0 Å². The Morgan fingerprint density at radius 3 is 2.50 bits per heavy atom. The topological polar surface area (TPSA) is 81.8 Å². The van der Waals surface area contributed by atoms with E-state index in [4.69, 9.17) is 17.0 Å². The zero-order chi connectivity index (χ0) is 28.4. The van der Waals surface area contributed by atoms with Crippen LogP contribution in [-0.4, -0.2) is 65.1 Å². The molecule has 0 N–H and O–H groups in total. The van der Waals surface area contributed by atoms with Gasteiger partial charge in [-0.1, -0.05) is 30.9 Å². The van der Waals surface area contributed by atoms with Crippen molar-refractivity contribution in [3.63, 3.8) is 0 Å². The van der Waals surface area contributed by atoms with Crippen LogP contribution in [0.2, 0.25) is 0 Å². The number of nitrogens with zero attached hydrogens (tertiary/aromatic N) is 5. The van der Waals surface area contributed by atoms with Gasteiger partial charge in [-0.05, 0) is 62.1 Å². The van der Waals surface area contributed by atoms with Gasteiger partial charge < -0.3 is 14.5 Å². The molecule has 8 nitrogen and oxygen atoms in total. The lowest BCUT2D eigenvalue weighted by Gasteiger charge is -2.39. The van der Waals surface area contributed by atoms with Crippen LogP contribution in [0.4, 0.5) is 15.9 Å². The third-order valence-corrected chi connectivity index (χ3v) is 9.00. The lowest BCUT2D eigenvalue weighted by Crippen LogP contribution is -2.48. The second kappa shape index (κ2) is 12.1. The summed E-state index contributed by atoms with van der Waals surface area (Å²) in [6.07, 6.45) is 4.37. The SMILES string of the molecule is CCCn1c(N2CCN(c3ccc(F)cc3)CC2)c(/C=C2\SC(=S)N(CC3CCCO3)C2=O)c(C)c(C#N)c1=O. The molecular weight excluding hydrogens is 549 g/mol. The van der Waals surface area contributed by atoms with Crippen LogP contribution in [0.3, 0.4) is 0 Å². The number of carbonyl (C=O) groups is 1. The Bertz CT molecular complexity index is 1440. The Labute approximate surface area is 243 Å². The number of rotatable bonds is 7. The molecule has 1 amide bonds. The summed E-state index contributed by atoms with van der Waals surface area (Å²) in [6.45, 7) is 7.92. The predicted molar refractivity (Wildman–Crippen MR) is 160 cm³/mol. The second-order valence-electron chi connectivity index (χ2n) is 10.2. The van der Waals surface area contributed by atoms with Crippen molar-refractivity contribution in [3.8, 4) is 6.07 Å². The minimum Gasteiger partial charge on any atom is -0.376 e. The van der Waals surface area contributed by atoms with Crippen molar-refractivity contribution < 1.29 is 13.9 Å². The van der Waals surface area contributed by atoms with Crippen molar-refractivity contribution in [2.24, 2.45) is 0 Å². The van der Waals surface area contributed by atoms with Crippen molar-refractivity contribution in [1.29, 1.82) is 5.26 Å². The molecular formula is C29H32FN5O3S2. The Balaban J connectivity index is 1.52. The van der Waals surface area contributed by atoms with Crippen molar-refractivity contribution in [3.05, 3.63) is 62.0 Å². The zero-order valence-corrected chi connectivity index (χ0v) is 24.3. The van der Waals surface area contributed by atoms with Crippen molar-refractivity contribution >= 4 is 51.8 Å². The van der Waals surface area contributed by atoms with E-state index >= 15 is 0 Å².